The molecule has 0 aliphatic rings. The standard InChI is InChI=1S/C22H18ClN3O2S/c1-13-11-14(21-24-17-5-3-4-6-20(17)29-21)7-9-16(13)25-22(27)26-18-12-15(23)8-10-19(18)28-2/h3-12H,1-2H3,(H2,25,26,27). The second-order valence-corrected chi connectivity index (χ2v) is 7.91. The number of aromatic nitrogens is 1. The molecule has 5 nitrogen and oxygen atoms in total. The van der Waals surface area contributed by atoms with E-state index >= 15 is 0 Å². The zero-order valence-electron chi connectivity index (χ0n) is 15.8. The summed E-state index contributed by atoms with van der Waals surface area (Å²) < 4.78 is 6.41. The van der Waals surface area contributed by atoms with Crippen LogP contribution in [0.2, 0.25) is 5.02 Å². The van der Waals surface area contributed by atoms with Gasteiger partial charge in [0, 0.05) is 16.3 Å². The van der Waals surface area contributed by atoms with E-state index in [1.165, 1.54) is 7.11 Å². The van der Waals surface area contributed by atoms with Gasteiger partial charge in [-0.3, -0.25) is 0 Å². The second kappa shape index (κ2) is 8.11. The van der Waals surface area contributed by atoms with Crippen LogP contribution >= 0.6 is 22.9 Å². The molecular weight excluding hydrogens is 406 g/mol. The maximum Gasteiger partial charge on any atom is 0.323 e. The molecule has 2 N–H and O–H groups in total. The van der Waals surface area contributed by atoms with E-state index in [0.717, 1.165) is 26.4 Å². The van der Waals surface area contributed by atoms with Gasteiger partial charge in [0.05, 0.1) is 23.0 Å². The molecule has 146 valence electrons. The highest BCUT2D eigenvalue weighted by Gasteiger charge is 2.11. The van der Waals surface area contributed by atoms with Crippen LogP contribution in [0.3, 0.4) is 0 Å². The van der Waals surface area contributed by atoms with Gasteiger partial charge in [-0.15, -0.1) is 11.3 Å². The normalized spacial score (nSPS) is 10.7. The van der Waals surface area contributed by atoms with Crippen molar-refractivity contribution in [1.82, 2.24) is 4.98 Å². The van der Waals surface area contributed by atoms with Crippen LogP contribution in [0, 0.1) is 6.92 Å². The number of urea groups is 1. The fourth-order valence-electron chi connectivity index (χ4n) is 2.99. The fourth-order valence-corrected chi connectivity index (χ4v) is 4.12. The molecule has 3 aromatic carbocycles. The van der Waals surface area contributed by atoms with Gasteiger partial charge in [0.2, 0.25) is 0 Å². The highest BCUT2D eigenvalue weighted by Crippen LogP contribution is 2.32. The summed E-state index contributed by atoms with van der Waals surface area (Å²) in [6, 6.07) is 18.6. The summed E-state index contributed by atoms with van der Waals surface area (Å²) in [6.45, 7) is 1.95. The van der Waals surface area contributed by atoms with Gasteiger partial charge in [0.15, 0.2) is 0 Å². The number of halogens is 1. The molecule has 0 fully saturated rings. The Balaban J connectivity index is 1.52. The summed E-state index contributed by atoms with van der Waals surface area (Å²) in [6.07, 6.45) is 0. The van der Waals surface area contributed by atoms with E-state index in [4.69, 9.17) is 21.3 Å². The van der Waals surface area contributed by atoms with E-state index in [2.05, 4.69) is 16.7 Å². The Kier molecular flexibility index (Phi) is 5.38. The molecule has 0 aliphatic carbocycles. The van der Waals surface area contributed by atoms with Crippen molar-refractivity contribution in [3.63, 3.8) is 0 Å². The molecule has 0 aliphatic heterocycles. The summed E-state index contributed by atoms with van der Waals surface area (Å²) in [4.78, 5) is 17.1. The maximum absolute atomic E-state index is 12.5. The zero-order chi connectivity index (χ0) is 20.4. The first-order valence-electron chi connectivity index (χ1n) is 8.91. The number of nitrogens with zero attached hydrogens (tertiary/aromatic N) is 1. The molecule has 0 spiro atoms. The van der Waals surface area contributed by atoms with E-state index in [9.17, 15) is 4.79 Å². The number of benzene rings is 3. The van der Waals surface area contributed by atoms with Crippen molar-refractivity contribution in [2.75, 3.05) is 17.7 Å². The van der Waals surface area contributed by atoms with Gasteiger partial charge in [-0.2, -0.15) is 0 Å². The van der Waals surface area contributed by atoms with Crippen LogP contribution in [0.5, 0.6) is 5.75 Å². The molecule has 2 amide bonds. The molecule has 0 unspecified atom stereocenters. The van der Waals surface area contributed by atoms with Crippen molar-refractivity contribution in [3.05, 3.63) is 71.2 Å². The number of hydrogen-bond acceptors (Lipinski definition) is 4. The van der Waals surface area contributed by atoms with E-state index in [1.54, 1.807) is 29.5 Å². The van der Waals surface area contributed by atoms with Crippen LogP contribution in [0.25, 0.3) is 20.8 Å². The Morgan fingerprint density at radius 3 is 2.59 bits per heavy atom. The molecule has 0 saturated heterocycles. The van der Waals surface area contributed by atoms with Gasteiger partial charge in [-0.1, -0.05) is 23.7 Å². The molecular formula is C22H18ClN3O2S. The number of nitrogens with one attached hydrogen (secondary N) is 2. The first-order chi connectivity index (χ1) is 14.0. The van der Waals surface area contributed by atoms with Crippen molar-refractivity contribution in [1.29, 1.82) is 0 Å². The zero-order valence-corrected chi connectivity index (χ0v) is 17.4. The van der Waals surface area contributed by atoms with Crippen LogP contribution in [-0.2, 0) is 0 Å². The molecule has 0 radical (unpaired) electrons. The minimum Gasteiger partial charge on any atom is -0.495 e. The highest BCUT2D eigenvalue weighted by atomic mass is 35.5. The van der Waals surface area contributed by atoms with Crippen molar-refractivity contribution >= 4 is 50.6 Å². The predicted octanol–water partition coefficient (Wildman–Crippen LogP) is 6.58. The third-order valence-electron chi connectivity index (χ3n) is 4.43. The minimum atomic E-state index is -0.374. The molecule has 4 rings (SSSR count). The van der Waals surface area contributed by atoms with E-state index in [0.29, 0.717) is 22.1 Å². The lowest BCUT2D eigenvalue weighted by Gasteiger charge is -2.13. The average molecular weight is 424 g/mol. The Labute approximate surface area is 177 Å². The van der Waals surface area contributed by atoms with Crippen molar-refractivity contribution in [2.45, 2.75) is 6.92 Å². The molecule has 0 saturated carbocycles. The molecule has 1 heterocycles. The smallest absolute Gasteiger partial charge is 0.323 e. The van der Waals surface area contributed by atoms with Gasteiger partial charge >= 0.3 is 6.03 Å². The Morgan fingerprint density at radius 1 is 1.03 bits per heavy atom. The van der Waals surface area contributed by atoms with Crippen molar-refractivity contribution < 1.29 is 9.53 Å². The second-order valence-electron chi connectivity index (χ2n) is 6.44. The molecule has 0 atom stereocenters. The Bertz CT molecular complexity index is 1170. The summed E-state index contributed by atoms with van der Waals surface area (Å²) in [5.74, 6) is 0.535. The van der Waals surface area contributed by atoms with Crippen LogP contribution in [0.15, 0.2) is 60.7 Å². The summed E-state index contributed by atoms with van der Waals surface area (Å²) in [7, 11) is 1.54. The number of hydrogen-bond donors (Lipinski definition) is 2. The number of methoxy groups -OCH3 is 1. The lowest BCUT2D eigenvalue weighted by Crippen LogP contribution is -2.20. The summed E-state index contributed by atoms with van der Waals surface area (Å²) >= 11 is 7.66. The van der Waals surface area contributed by atoms with E-state index < -0.39 is 0 Å². The fraction of sp³-hybridized carbons (Fsp3) is 0.0909. The number of fused-ring (bicyclic) bond motifs is 1. The van der Waals surface area contributed by atoms with Gasteiger partial charge in [-0.05, 0) is 61.0 Å². The van der Waals surface area contributed by atoms with E-state index in [-0.39, 0.29) is 6.03 Å². The van der Waals surface area contributed by atoms with Crippen molar-refractivity contribution in [3.8, 4) is 16.3 Å². The highest BCUT2D eigenvalue weighted by molar-refractivity contribution is 7.21. The van der Waals surface area contributed by atoms with Crippen LogP contribution in [0.4, 0.5) is 16.2 Å². The number of thiazole rings is 1. The maximum atomic E-state index is 12.5. The van der Waals surface area contributed by atoms with Crippen molar-refractivity contribution in [2.24, 2.45) is 0 Å². The Morgan fingerprint density at radius 2 is 1.83 bits per heavy atom. The van der Waals surface area contributed by atoms with E-state index in [1.807, 2.05) is 43.3 Å². The topological polar surface area (TPSA) is 63.2 Å². The number of para-hydroxylation sites is 1. The van der Waals surface area contributed by atoms with Crippen LogP contribution < -0.4 is 15.4 Å². The lowest BCUT2D eigenvalue weighted by molar-refractivity contribution is 0.262. The number of rotatable bonds is 4. The van der Waals surface area contributed by atoms with Crippen LogP contribution in [-0.4, -0.2) is 18.1 Å². The van der Waals surface area contributed by atoms with Gasteiger partial charge in [0.1, 0.15) is 10.8 Å². The average Bonchev–Trinajstić information content (AvgIpc) is 3.14. The SMILES string of the molecule is COc1ccc(Cl)cc1NC(=O)Nc1ccc(-c2nc3ccccc3s2)cc1C. The molecule has 4 aromatic rings. The molecule has 29 heavy (non-hydrogen) atoms. The number of aryl methyl sites for hydroxylation is 1. The third kappa shape index (κ3) is 4.18. The molecule has 1 aromatic heterocycles. The van der Waals surface area contributed by atoms with Gasteiger partial charge in [-0.25, -0.2) is 9.78 Å². The summed E-state index contributed by atoms with van der Waals surface area (Å²) in [5.41, 5.74) is 4.16. The quantitative estimate of drug-likeness (QED) is 0.389. The van der Waals surface area contributed by atoms with Gasteiger partial charge in [0.25, 0.3) is 0 Å². The predicted molar refractivity (Wildman–Crippen MR) is 120 cm³/mol. The first-order valence-corrected chi connectivity index (χ1v) is 10.1. The van der Waals surface area contributed by atoms with Crippen LogP contribution in [0.1, 0.15) is 5.56 Å². The third-order valence-corrected chi connectivity index (χ3v) is 5.75. The minimum absolute atomic E-state index is 0.374. The number of carbonyl (C=O) groups excluding carboxylic acids is 1. The Hall–Kier alpha value is -3.09. The number of ether oxygens (including phenoxy) is 1. The monoisotopic (exact) mass is 423 g/mol. The number of amides is 2. The van der Waals surface area contributed by atoms with Gasteiger partial charge < -0.3 is 15.4 Å². The largest absolute Gasteiger partial charge is 0.495 e. The first kappa shape index (κ1) is 19.2. The molecule has 0 bridgehead atoms. The lowest BCUT2D eigenvalue weighted by atomic mass is 10.1. The molecule has 7 heteroatoms. The summed E-state index contributed by atoms with van der Waals surface area (Å²) in [5, 5.41) is 7.11. The number of carbonyl (C=O) groups is 1. The number of anilines is 2.